The molecule has 3 rings (SSSR count). The molecule has 1 saturated carbocycles. The van der Waals surface area contributed by atoms with Crippen LogP contribution < -0.4 is 10.6 Å². The van der Waals surface area contributed by atoms with Crippen LogP contribution in [0.5, 0.6) is 0 Å². The van der Waals surface area contributed by atoms with Gasteiger partial charge in [0.15, 0.2) is 0 Å². The van der Waals surface area contributed by atoms with Crippen molar-refractivity contribution >= 4 is 41.4 Å². The first-order valence-electron chi connectivity index (χ1n) is 13.8. The Kier molecular flexibility index (Phi) is 11.4. The van der Waals surface area contributed by atoms with Crippen LogP contribution in [-0.2, 0) is 42.9 Å². The summed E-state index contributed by atoms with van der Waals surface area (Å²) in [5, 5.41) is 4.73. The van der Waals surface area contributed by atoms with Crippen molar-refractivity contribution < 1.29 is 47.7 Å². The highest BCUT2D eigenvalue weighted by molar-refractivity contribution is 8.00. The Hall–Kier alpha value is -2.48. The Balaban J connectivity index is 1.50. The summed E-state index contributed by atoms with van der Waals surface area (Å²) in [6, 6.07) is -1.01. The second kappa shape index (κ2) is 14.1. The van der Waals surface area contributed by atoms with Crippen molar-refractivity contribution in [2.24, 2.45) is 5.92 Å². The van der Waals surface area contributed by atoms with E-state index in [1.807, 2.05) is 20.8 Å². The Morgan fingerprint density at radius 2 is 1.80 bits per heavy atom. The van der Waals surface area contributed by atoms with E-state index in [4.69, 9.17) is 23.7 Å². The van der Waals surface area contributed by atoms with Gasteiger partial charge >= 0.3 is 12.1 Å². The smallest absolute Gasteiger partial charge is 0.414 e. The van der Waals surface area contributed by atoms with Crippen molar-refractivity contribution in [3.8, 4) is 0 Å². The predicted octanol–water partition coefficient (Wildman–Crippen LogP) is 2.08. The number of ketones is 1. The van der Waals surface area contributed by atoms with Crippen LogP contribution in [0.15, 0.2) is 11.6 Å². The third-order valence-electron chi connectivity index (χ3n) is 7.78. The number of Topliss-reactive ketones (excluding diaryl/α,β-unsaturated/α-hetero) is 1. The summed E-state index contributed by atoms with van der Waals surface area (Å²) < 4.78 is 28.3. The molecule has 0 aromatic carbocycles. The zero-order valence-electron chi connectivity index (χ0n) is 24.6. The lowest BCUT2D eigenvalue weighted by Crippen LogP contribution is -2.56. The van der Waals surface area contributed by atoms with Gasteiger partial charge in [-0.1, -0.05) is 11.6 Å². The molecule has 0 bridgehead atoms. The number of carbonyl (C=O) groups is 5. The number of hydrogen-bond acceptors (Lipinski definition) is 11. The molecule has 1 aliphatic carbocycles. The molecule has 3 fully saturated rings. The number of imide groups is 1. The number of amides is 3. The first-order chi connectivity index (χ1) is 19.3. The summed E-state index contributed by atoms with van der Waals surface area (Å²) in [6.45, 7) is 8.10. The molecule has 2 aliphatic heterocycles. The molecule has 41 heavy (non-hydrogen) atoms. The topological polar surface area (TPSA) is 162 Å². The highest BCUT2D eigenvalue weighted by Crippen LogP contribution is 2.59. The molecule has 3 amide bonds. The Labute approximate surface area is 244 Å². The molecule has 12 nitrogen and oxygen atoms in total. The molecular weight excluding hydrogens is 556 g/mol. The normalized spacial score (nSPS) is 30.5. The summed E-state index contributed by atoms with van der Waals surface area (Å²) in [4.78, 5) is 60.2. The summed E-state index contributed by atoms with van der Waals surface area (Å²) in [5.41, 5.74) is 0.365. The van der Waals surface area contributed by atoms with Crippen molar-refractivity contribution in [1.29, 1.82) is 0 Å². The third kappa shape index (κ3) is 8.76. The largest absolute Gasteiger partial charge is 0.467 e. The molecule has 0 radical (unpaired) electrons. The fourth-order valence-corrected chi connectivity index (χ4v) is 6.35. The standard InChI is InChI=1S/C28H42N2O10S/c1-16(2)7-9-20-27(4,40-20)24-23(36-5)19(11-12-28(24)15-38-28)39-26(35)30-22(33)14-41-13-18(25(34)37-6)29-21(32)10-8-17(3)31/h7,18-20,23-24H,8-15H2,1-6H3,(H,29,32)(H,30,33,35)/t18-,19+,20+,23+,24+,27-,28-/m0/s1. The summed E-state index contributed by atoms with van der Waals surface area (Å²) in [5.74, 6) is -2.20. The second-order valence-corrected chi connectivity index (χ2v) is 12.3. The van der Waals surface area contributed by atoms with Crippen LogP contribution in [0.4, 0.5) is 4.79 Å². The van der Waals surface area contributed by atoms with Gasteiger partial charge in [0.2, 0.25) is 11.8 Å². The molecule has 0 unspecified atom stereocenters. The molecule has 2 N–H and O–H groups in total. The molecule has 1 spiro atoms. The van der Waals surface area contributed by atoms with Crippen molar-refractivity contribution in [2.75, 3.05) is 32.3 Å². The molecule has 3 aliphatic rings. The van der Waals surface area contributed by atoms with E-state index in [0.717, 1.165) is 18.2 Å². The number of allylic oxidation sites excluding steroid dienone is 1. The molecule has 230 valence electrons. The molecular formula is C28H42N2O10S. The van der Waals surface area contributed by atoms with Crippen LogP contribution >= 0.6 is 11.8 Å². The van der Waals surface area contributed by atoms with E-state index in [9.17, 15) is 24.0 Å². The van der Waals surface area contributed by atoms with E-state index in [-0.39, 0.29) is 47.8 Å². The third-order valence-corrected chi connectivity index (χ3v) is 8.82. The van der Waals surface area contributed by atoms with Gasteiger partial charge in [0.25, 0.3) is 0 Å². The number of hydrogen-bond donors (Lipinski definition) is 2. The summed E-state index contributed by atoms with van der Waals surface area (Å²) >= 11 is 1.03. The van der Waals surface area contributed by atoms with Crippen LogP contribution in [0, 0.1) is 5.92 Å². The summed E-state index contributed by atoms with van der Waals surface area (Å²) in [6.07, 6.45) is 2.17. The minimum absolute atomic E-state index is 0.0139. The lowest BCUT2D eigenvalue weighted by atomic mass is 9.68. The Bertz CT molecular complexity index is 1040. The number of methoxy groups -OCH3 is 2. The molecule has 0 aromatic heterocycles. The minimum Gasteiger partial charge on any atom is -0.467 e. The van der Waals surface area contributed by atoms with E-state index in [0.29, 0.717) is 19.4 Å². The highest BCUT2D eigenvalue weighted by Gasteiger charge is 2.72. The maximum atomic E-state index is 12.7. The van der Waals surface area contributed by atoms with E-state index < -0.39 is 47.7 Å². The van der Waals surface area contributed by atoms with Crippen molar-refractivity contribution in [3.63, 3.8) is 0 Å². The number of carbonyl (C=O) groups excluding carboxylic acids is 5. The molecule has 2 saturated heterocycles. The van der Waals surface area contributed by atoms with Gasteiger partial charge in [-0.2, -0.15) is 0 Å². The minimum atomic E-state index is -1.01. The van der Waals surface area contributed by atoms with E-state index in [1.165, 1.54) is 19.6 Å². The number of rotatable bonds is 14. The van der Waals surface area contributed by atoms with Gasteiger partial charge in [0, 0.05) is 25.7 Å². The number of alkyl carbamates (subject to hydrolysis) is 1. The zero-order valence-corrected chi connectivity index (χ0v) is 25.4. The monoisotopic (exact) mass is 598 g/mol. The Morgan fingerprint density at radius 1 is 1.10 bits per heavy atom. The average molecular weight is 599 g/mol. The first kappa shape index (κ1) is 33.0. The fraction of sp³-hybridized carbons (Fsp3) is 0.750. The maximum absolute atomic E-state index is 12.7. The van der Waals surface area contributed by atoms with E-state index in [2.05, 4.69) is 16.7 Å². The molecule has 7 atom stereocenters. The number of esters is 1. The predicted molar refractivity (Wildman–Crippen MR) is 149 cm³/mol. The lowest BCUT2D eigenvalue weighted by molar-refractivity contribution is -0.144. The highest BCUT2D eigenvalue weighted by atomic mass is 32.2. The van der Waals surface area contributed by atoms with Crippen LogP contribution in [0.1, 0.15) is 59.8 Å². The quantitative estimate of drug-likeness (QED) is 0.171. The SMILES string of the molecule is COC(=O)[C@H](CSCC(=O)NC(=O)O[C@@H]1CC[C@]2(CO2)[C@@H]([C@@]2(C)O[C@@H]2CC=C(C)C)[C@@H]1OC)NC(=O)CCC(C)=O. The number of epoxide rings is 2. The van der Waals surface area contributed by atoms with Gasteiger partial charge in [0.1, 0.15) is 35.2 Å². The first-order valence-corrected chi connectivity index (χ1v) is 14.9. The van der Waals surface area contributed by atoms with Gasteiger partial charge in [-0.05, 0) is 47.0 Å². The van der Waals surface area contributed by atoms with Crippen molar-refractivity contribution in [1.82, 2.24) is 10.6 Å². The summed E-state index contributed by atoms with van der Waals surface area (Å²) in [7, 11) is 2.76. The molecule has 2 heterocycles. The fourth-order valence-electron chi connectivity index (χ4n) is 5.52. The lowest BCUT2D eigenvalue weighted by Gasteiger charge is -2.42. The zero-order chi connectivity index (χ0) is 30.4. The van der Waals surface area contributed by atoms with Gasteiger partial charge in [-0.3, -0.25) is 14.9 Å². The van der Waals surface area contributed by atoms with Crippen LogP contribution in [0.2, 0.25) is 0 Å². The maximum Gasteiger partial charge on any atom is 0.414 e. The average Bonchev–Trinajstić information content (AvgIpc) is 3.82. The van der Waals surface area contributed by atoms with Crippen molar-refractivity contribution in [2.45, 2.75) is 95.4 Å². The Morgan fingerprint density at radius 3 is 2.39 bits per heavy atom. The number of ether oxygens (including phenoxy) is 5. The van der Waals surface area contributed by atoms with Crippen LogP contribution in [0.25, 0.3) is 0 Å². The number of thioether (sulfide) groups is 1. The van der Waals surface area contributed by atoms with E-state index in [1.54, 1.807) is 7.11 Å². The van der Waals surface area contributed by atoms with Gasteiger partial charge in [0.05, 0.1) is 31.5 Å². The van der Waals surface area contributed by atoms with Crippen LogP contribution in [0.3, 0.4) is 0 Å². The number of nitrogens with one attached hydrogen (secondary N) is 2. The van der Waals surface area contributed by atoms with E-state index >= 15 is 0 Å². The second-order valence-electron chi connectivity index (χ2n) is 11.2. The van der Waals surface area contributed by atoms with Gasteiger partial charge in [-0.15, -0.1) is 11.8 Å². The van der Waals surface area contributed by atoms with Crippen molar-refractivity contribution in [3.05, 3.63) is 11.6 Å². The molecule has 13 heteroatoms. The van der Waals surface area contributed by atoms with Gasteiger partial charge in [-0.25, -0.2) is 9.59 Å². The van der Waals surface area contributed by atoms with Crippen LogP contribution in [-0.4, -0.2) is 97.5 Å². The van der Waals surface area contributed by atoms with Gasteiger partial charge < -0.3 is 33.8 Å². The molecule has 0 aromatic rings.